The maximum Gasteiger partial charge on any atom is 0.261 e. The molecule has 0 radical (unpaired) electrons. The van der Waals surface area contributed by atoms with E-state index in [9.17, 15) is 9.59 Å². The van der Waals surface area contributed by atoms with Crippen molar-refractivity contribution in [3.8, 4) is 11.1 Å². The molecule has 2 aliphatic rings. The average molecular weight is 442 g/mol. The van der Waals surface area contributed by atoms with Gasteiger partial charge in [0.15, 0.2) is 0 Å². The monoisotopic (exact) mass is 441 g/mol. The van der Waals surface area contributed by atoms with E-state index in [1.54, 1.807) is 24.3 Å². The van der Waals surface area contributed by atoms with Gasteiger partial charge < -0.3 is 4.90 Å². The highest BCUT2D eigenvalue weighted by molar-refractivity contribution is 6.21. The van der Waals surface area contributed by atoms with Gasteiger partial charge in [0.05, 0.1) is 11.1 Å². The van der Waals surface area contributed by atoms with Gasteiger partial charge in [-0.3, -0.25) is 19.4 Å². The number of imide groups is 1. The molecule has 7 nitrogen and oxygen atoms in total. The predicted octanol–water partition coefficient (Wildman–Crippen LogP) is 3.34. The van der Waals surface area contributed by atoms with Gasteiger partial charge in [0.25, 0.3) is 11.8 Å². The van der Waals surface area contributed by atoms with Crippen LogP contribution in [-0.4, -0.2) is 70.9 Å². The summed E-state index contributed by atoms with van der Waals surface area (Å²) >= 11 is 0. The van der Waals surface area contributed by atoms with Gasteiger partial charge in [0, 0.05) is 50.7 Å². The molecule has 0 aliphatic carbocycles. The zero-order valence-electron chi connectivity index (χ0n) is 18.6. The van der Waals surface area contributed by atoms with E-state index in [0.717, 1.165) is 62.6 Å². The number of aromatic nitrogens is 2. The van der Waals surface area contributed by atoms with E-state index in [2.05, 4.69) is 31.9 Å². The quantitative estimate of drug-likeness (QED) is 0.414. The molecule has 5 rings (SSSR count). The van der Waals surface area contributed by atoms with E-state index >= 15 is 0 Å². The maximum absolute atomic E-state index is 12.5. The second-order valence-electron chi connectivity index (χ2n) is 8.48. The molecule has 3 aromatic rings. The first kappa shape index (κ1) is 21.3. The number of anilines is 1. The van der Waals surface area contributed by atoms with Crippen molar-refractivity contribution in [2.75, 3.05) is 44.2 Å². The number of amides is 2. The van der Waals surface area contributed by atoms with Crippen LogP contribution in [0.4, 0.5) is 5.95 Å². The van der Waals surface area contributed by atoms with Crippen molar-refractivity contribution >= 4 is 17.8 Å². The highest BCUT2D eigenvalue weighted by Crippen LogP contribution is 2.23. The lowest BCUT2D eigenvalue weighted by atomic mass is 10.1. The molecule has 0 spiro atoms. The lowest BCUT2D eigenvalue weighted by Crippen LogP contribution is -2.47. The Bertz CT molecular complexity index is 1090. The van der Waals surface area contributed by atoms with E-state index < -0.39 is 0 Å². The lowest BCUT2D eigenvalue weighted by Gasteiger charge is -2.34. The molecule has 3 heterocycles. The van der Waals surface area contributed by atoms with Crippen LogP contribution in [0.1, 0.15) is 33.6 Å². The number of fused-ring (bicyclic) bond motifs is 1. The first-order valence-corrected chi connectivity index (χ1v) is 11.5. The molecule has 1 saturated heterocycles. The number of carbonyl (C=O) groups is 2. The van der Waals surface area contributed by atoms with Crippen molar-refractivity contribution in [1.29, 1.82) is 0 Å². The van der Waals surface area contributed by atoms with Crippen LogP contribution < -0.4 is 4.90 Å². The summed E-state index contributed by atoms with van der Waals surface area (Å²) in [4.78, 5) is 40.1. The number of benzene rings is 2. The van der Waals surface area contributed by atoms with Gasteiger partial charge in [-0.15, -0.1) is 0 Å². The van der Waals surface area contributed by atoms with Crippen molar-refractivity contribution in [1.82, 2.24) is 19.8 Å². The van der Waals surface area contributed by atoms with Gasteiger partial charge in [0.1, 0.15) is 0 Å². The second-order valence-corrected chi connectivity index (χ2v) is 8.48. The van der Waals surface area contributed by atoms with Crippen LogP contribution in [0.2, 0.25) is 0 Å². The van der Waals surface area contributed by atoms with Gasteiger partial charge in [-0.05, 0) is 37.1 Å². The molecule has 33 heavy (non-hydrogen) atoms. The molecule has 2 aliphatic heterocycles. The van der Waals surface area contributed by atoms with Gasteiger partial charge in [-0.2, -0.15) is 0 Å². The largest absolute Gasteiger partial charge is 0.338 e. The summed E-state index contributed by atoms with van der Waals surface area (Å²) in [5, 5.41) is 0. The fourth-order valence-electron chi connectivity index (χ4n) is 4.48. The van der Waals surface area contributed by atoms with Crippen molar-refractivity contribution in [2.45, 2.75) is 12.8 Å². The van der Waals surface area contributed by atoms with Crippen LogP contribution in [0.5, 0.6) is 0 Å². The zero-order chi connectivity index (χ0) is 22.6. The third-order valence-corrected chi connectivity index (χ3v) is 6.38. The average Bonchev–Trinajstić information content (AvgIpc) is 3.12. The Morgan fingerprint density at radius 1 is 0.667 bits per heavy atom. The van der Waals surface area contributed by atoms with Crippen molar-refractivity contribution in [3.05, 3.63) is 78.1 Å². The molecule has 1 aromatic heterocycles. The molecule has 1 fully saturated rings. The first-order valence-electron chi connectivity index (χ1n) is 11.5. The molecule has 0 atom stereocenters. The normalized spacial score (nSPS) is 16.4. The van der Waals surface area contributed by atoms with E-state index in [0.29, 0.717) is 17.7 Å². The number of piperazine rings is 1. The van der Waals surface area contributed by atoms with Crippen LogP contribution in [0.15, 0.2) is 67.0 Å². The van der Waals surface area contributed by atoms with Crippen LogP contribution in [-0.2, 0) is 0 Å². The minimum atomic E-state index is -0.164. The van der Waals surface area contributed by atoms with Gasteiger partial charge in [-0.25, -0.2) is 9.97 Å². The molecular weight excluding hydrogens is 414 g/mol. The minimum absolute atomic E-state index is 0.164. The van der Waals surface area contributed by atoms with Crippen LogP contribution in [0.3, 0.4) is 0 Å². The highest BCUT2D eigenvalue weighted by Gasteiger charge is 2.34. The minimum Gasteiger partial charge on any atom is -0.338 e. The summed E-state index contributed by atoms with van der Waals surface area (Å²) in [6, 6.07) is 17.2. The molecule has 168 valence electrons. The molecule has 2 amide bonds. The molecule has 0 unspecified atom stereocenters. The summed E-state index contributed by atoms with van der Waals surface area (Å²) in [6.07, 6.45) is 5.55. The molecule has 0 saturated carbocycles. The Morgan fingerprint density at radius 3 is 1.88 bits per heavy atom. The van der Waals surface area contributed by atoms with Gasteiger partial charge >= 0.3 is 0 Å². The fraction of sp³-hybridized carbons (Fsp3) is 0.308. The third kappa shape index (κ3) is 4.50. The van der Waals surface area contributed by atoms with Crippen LogP contribution in [0, 0.1) is 0 Å². The number of rotatable bonds is 7. The SMILES string of the molecule is O=C1c2ccccc2C(=O)N1CCCCN1CCN(c2ncc(-c3ccccc3)cn2)CC1. The fourth-order valence-corrected chi connectivity index (χ4v) is 4.48. The summed E-state index contributed by atoms with van der Waals surface area (Å²) < 4.78 is 0. The Balaban J connectivity index is 1.05. The van der Waals surface area contributed by atoms with E-state index in [1.165, 1.54) is 4.90 Å². The van der Waals surface area contributed by atoms with Crippen molar-refractivity contribution in [3.63, 3.8) is 0 Å². The van der Waals surface area contributed by atoms with Gasteiger partial charge in [-0.1, -0.05) is 42.5 Å². The Kier molecular flexibility index (Phi) is 6.13. The number of hydrogen-bond donors (Lipinski definition) is 0. The lowest BCUT2D eigenvalue weighted by molar-refractivity contribution is 0.0650. The third-order valence-electron chi connectivity index (χ3n) is 6.38. The van der Waals surface area contributed by atoms with Crippen molar-refractivity contribution < 1.29 is 9.59 Å². The molecular formula is C26H27N5O2. The Hall–Kier alpha value is -3.58. The molecule has 7 heteroatoms. The van der Waals surface area contributed by atoms with Crippen molar-refractivity contribution in [2.24, 2.45) is 0 Å². The number of nitrogens with zero attached hydrogens (tertiary/aromatic N) is 5. The van der Waals surface area contributed by atoms with E-state index in [1.807, 2.05) is 30.6 Å². The van der Waals surface area contributed by atoms with E-state index in [-0.39, 0.29) is 11.8 Å². The zero-order valence-corrected chi connectivity index (χ0v) is 18.6. The van der Waals surface area contributed by atoms with Crippen LogP contribution >= 0.6 is 0 Å². The van der Waals surface area contributed by atoms with E-state index in [4.69, 9.17) is 0 Å². The Morgan fingerprint density at radius 2 is 1.24 bits per heavy atom. The molecule has 0 bridgehead atoms. The number of carbonyl (C=O) groups excluding carboxylic acids is 2. The first-order chi connectivity index (χ1) is 16.2. The second kappa shape index (κ2) is 9.50. The Labute approximate surface area is 193 Å². The predicted molar refractivity (Wildman–Crippen MR) is 127 cm³/mol. The molecule has 2 aromatic carbocycles. The highest BCUT2D eigenvalue weighted by atomic mass is 16.2. The summed E-state index contributed by atoms with van der Waals surface area (Å²) in [5.41, 5.74) is 3.20. The molecule has 0 N–H and O–H groups in total. The number of hydrogen-bond acceptors (Lipinski definition) is 6. The van der Waals surface area contributed by atoms with Gasteiger partial charge in [0.2, 0.25) is 5.95 Å². The smallest absolute Gasteiger partial charge is 0.261 e. The summed E-state index contributed by atoms with van der Waals surface area (Å²) in [6.45, 7) is 5.14. The summed E-state index contributed by atoms with van der Waals surface area (Å²) in [5.74, 6) is 0.449. The maximum atomic E-state index is 12.5. The standard InChI is InChI=1S/C26H27N5O2/c32-24-22-10-4-5-11-23(22)25(33)31(24)13-7-6-12-29-14-16-30(17-15-29)26-27-18-21(19-28-26)20-8-2-1-3-9-20/h1-5,8-11,18-19H,6-7,12-17H2. The van der Waals surface area contributed by atoms with Crippen LogP contribution in [0.25, 0.3) is 11.1 Å². The summed E-state index contributed by atoms with van der Waals surface area (Å²) in [7, 11) is 0. The topological polar surface area (TPSA) is 69.6 Å². The number of unbranched alkanes of at least 4 members (excludes halogenated alkanes) is 1.